The normalized spacial score (nSPS) is 17.2. The standard InChI is InChI=1S/C26H17BrN2O4S/c27-18-11-9-16(10-12-18)23(30)21-22(29(25(32)24(21)31)26-28-13-14-34-26)17-5-4-8-20(15-17)33-19-6-2-1-3-7-19/h1-15,22,30H/t22-/m1/s1. The van der Waals surface area contributed by atoms with Gasteiger partial charge in [0.25, 0.3) is 5.78 Å². The van der Waals surface area contributed by atoms with Crippen LogP contribution in [0.5, 0.6) is 11.5 Å². The highest BCUT2D eigenvalue weighted by Gasteiger charge is 2.48. The van der Waals surface area contributed by atoms with Crippen LogP contribution >= 0.6 is 27.3 Å². The molecular weight excluding hydrogens is 516 g/mol. The van der Waals surface area contributed by atoms with Crippen molar-refractivity contribution in [3.8, 4) is 11.5 Å². The maximum Gasteiger partial charge on any atom is 0.301 e. The number of hydrogen-bond donors (Lipinski definition) is 1. The van der Waals surface area contributed by atoms with Gasteiger partial charge in [-0.05, 0) is 42.0 Å². The number of rotatable bonds is 5. The lowest BCUT2D eigenvalue weighted by atomic mass is 9.95. The maximum atomic E-state index is 13.2. The van der Waals surface area contributed by atoms with Gasteiger partial charge in [-0.1, -0.05) is 58.4 Å². The van der Waals surface area contributed by atoms with E-state index in [-0.39, 0.29) is 11.3 Å². The molecule has 4 aromatic rings. The highest BCUT2D eigenvalue weighted by molar-refractivity contribution is 9.10. The first-order valence-corrected chi connectivity index (χ1v) is 12.0. The molecule has 0 saturated carbocycles. The Bertz CT molecular complexity index is 1390. The van der Waals surface area contributed by atoms with Crippen molar-refractivity contribution in [1.82, 2.24) is 4.98 Å². The summed E-state index contributed by atoms with van der Waals surface area (Å²) in [4.78, 5) is 31.9. The summed E-state index contributed by atoms with van der Waals surface area (Å²) in [7, 11) is 0. The number of aromatic nitrogens is 1. The number of nitrogens with zero attached hydrogens (tertiary/aromatic N) is 2. The third-order valence-electron chi connectivity index (χ3n) is 5.34. The first-order valence-electron chi connectivity index (χ1n) is 10.3. The van der Waals surface area contributed by atoms with E-state index in [1.807, 2.05) is 30.3 Å². The summed E-state index contributed by atoms with van der Waals surface area (Å²) in [5.41, 5.74) is 1.04. The largest absolute Gasteiger partial charge is 0.507 e. The van der Waals surface area contributed by atoms with Crippen LogP contribution in [-0.4, -0.2) is 21.8 Å². The van der Waals surface area contributed by atoms with Gasteiger partial charge in [-0.2, -0.15) is 0 Å². The van der Waals surface area contributed by atoms with Gasteiger partial charge in [0.1, 0.15) is 17.3 Å². The summed E-state index contributed by atoms with van der Waals surface area (Å²) in [6.45, 7) is 0. The van der Waals surface area contributed by atoms with Gasteiger partial charge in [0, 0.05) is 21.6 Å². The van der Waals surface area contributed by atoms with E-state index in [1.54, 1.807) is 60.1 Å². The second-order valence-electron chi connectivity index (χ2n) is 7.48. The van der Waals surface area contributed by atoms with Crippen LogP contribution in [0.15, 0.2) is 100 Å². The third kappa shape index (κ3) is 4.13. The summed E-state index contributed by atoms with van der Waals surface area (Å²) >= 11 is 4.61. The van der Waals surface area contributed by atoms with Gasteiger partial charge in [-0.15, -0.1) is 11.3 Å². The molecule has 1 amide bonds. The Balaban J connectivity index is 1.64. The van der Waals surface area contributed by atoms with Crippen molar-refractivity contribution < 1.29 is 19.4 Å². The molecule has 0 unspecified atom stereocenters. The van der Waals surface area contributed by atoms with Crippen LogP contribution in [0, 0.1) is 0 Å². The molecule has 0 radical (unpaired) electrons. The number of carbonyl (C=O) groups excluding carboxylic acids is 2. The predicted octanol–water partition coefficient (Wildman–Crippen LogP) is 6.32. The van der Waals surface area contributed by atoms with Crippen molar-refractivity contribution in [2.75, 3.05) is 4.90 Å². The zero-order valence-corrected chi connectivity index (χ0v) is 20.0. The molecule has 8 heteroatoms. The van der Waals surface area contributed by atoms with Gasteiger partial charge in [-0.3, -0.25) is 14.5 Å². The third-order valence-corrected chi connectivity index (χ3v) is 6.64. The zero-order valence-electron chi connectivity index (χ0n) is 17.6. The smallest absolute Gasteiger partial charge is 0.301 e. The lowest BCUT2D eigenvalue weighted by molar-refractivity contribution is -0.132. The minimum atomic E-state index is -0.867. The number of thiazole rings is 1. The van der Waals surface area contributed by atoms with E-state index < -0.39 is 17.7 Å². The topological polar surface area (TPSA) is 79.7 Å². The minimum Gasteiger partial charge on any atom is -0.507 e. The number of para-hydroxylation sites is 1. The number of amides is 1. The first-order chi connectivity index (χ1) is 16.5. The summed E-state index contributed by atoms with van der Waals surface area (Å²) in [5, 5.41) is 13.3. The number of carbonyl (C=O) groups is 2. The van der Waals surface area contributed by atoms with Crippen molar-refractivity contribution in [2.45, 2.75) is 6.04 Å². The maximum absolute atomic E-state index is 13.2. The molecule has 5 rings (SSSR count). The number of aliphatic hydroxyl groups is 1. The van der Waals surface area contributed by atoms with Crippen LogP contribution in [-0.2, 0) is 9.59 Å². The number of anilines is 1. The average Bonchev–Trinajstić information content (AvgIpc) is 3.47. The van der Waals surface area contributed by atoms with Gasteiger partial charge in [0.05, 0.1) is 11.6 Å². The zero-order chi connectivity index (χ0) is 23.7. The minimum absolute atomic E-state index is 0.000571. The fourth-order valence-corrected chi connectivity index (χ4v) is 4.75. The predicted molar refractivity (Wildman–Crippen MR) is 134 cm³/mol. The molecule has 1 aromatic heterocycles. The number of aliphatic hydroxyl groups excluding tert-OH is 1. The summed E-state index contributed by atoms with van der Waals surface area (Å²) < 4.78 is 6.79. The second-order valence-corrected chi connectivity index (χ2v) is 9.27. The van der Waals surface area contributed by atoms with Crippen LogP contribution in [0.2, 0.25) is 0 Å². The lowest BCUT2D eigenvalue weighted by Gasteiger charge is -2.23. The second kappa shape index (κ2) is 9.24. The molecule has 1 aliphatic heterocycles. The Morgan fingerprint density at radius 1 is 0.971 bits per heavy atom. The van der Waals surface area contributed by atoms with E-state index in [4.69, 9.17) is 4.74 Å². The molecule has 1 aliphatic rings. The molecule has 0 aliphatic carbocycles. The molecular formula is C26H17BrN2O4S. The van der Waals surface area contributed by atoms with E-state index in [0.29, 0.717) is 27.8 Å². The molecule has 3 aromatic carbocycles. The van der Waals surface area contributed by atoms with Crippen molar-refractivity contribution in [2.24, 2.45) is 0 Å². The molecule has 168 valence electrons. The van der Waals surface area contributed by atoms with Crippen molar-refractivity contribution in [3.05, 3.63) is 112 Å². The number of halogens is 1. The molecule has 1 atom stereocenters. The van der Waals surface area contributed by atoms with Crippen LogP contribution in [0.3, 0.4) is 0 Å². The van der Waals surface area contributed by atoms with Gasteiger partial charge in [-0.25, -0.2) is 4.98 Å². The molecule has 34 heavy (non-hydrogen) atoms. The van der Waals surface area contributed by atoms with E-state index in [1.165, 1.54) is 16.2 Å². The first kappa shape index (κ1) is 22.1. The molecule has 1 N–H and O–H groups in total. The average molecular weight is 533 g/mol. The Morgan fingerprint density at radius 2 is 1.71 bits per heavy atom. The summed E-state index contributed by atoms with van der Waals surface area (Å²) in [5.74, 6) is -0.562. The SMILES string of the molecule is O=C1C(=O)N(c2nccs2)[C@H](c2cccc(Oc3ccccc3)c2)C1=C(O)c1ccc(Br)cc1. The van der Waals surface area contributed by atoms with E-state index in [9.17, 15) is 14.7 Å². The van der Waals surface area contributed by atoms with Gasteiger partial charge in [0.2, 0.25) is 0 Å². The van der Waals surface area contributed by atoms with Crippen LogP contribution in [0.1, 0.15) is 17.2 Å². The van der Waals surface area contributed by atoms with E-state index in [2.05, 4.69) is 20.9 Å². The summed E-state index contributed by atoms with van der Waals surface area (Å²) in [6, 6.07) is 22.5. The Labute approximate surface area is 207 Å². The fourth-order valence-electron chi connectivity index (χ4n) is 3.82. The van der Waals surface area contributed by atoms with E-state index in [0.717, 1.165) is 4.47 Å². The number of benzene rings is 3. The number of Topliss-reactive ketones (excluding diaryl/α,β-unsaturated/α-hetero) is 1. The highest BCUT2D eigenvalue weighted by Crippen LogP contribution is 2.43. The molecule has 0 spiro atoms. The Hall–Kier alpha value is -3.75. The van der Waals surface area contributed by atoms with E-state index >= 15 is 0 Å². The van der Waals surface area contributed by atoms with Gasteiger partial charge < -0.3 is 9.84 Å². The fraction of sp³-hybridized carbons (Fsp3) is 0.0385. The van der Waals surface area contributed by atoms with Gasteiger partial charge >= 0.3 is 5.91 Å². The molecule has 6 nitrogen and oxygen atoms in total. The monoisotopic (exact) mass is 532 g/mol. The molecule has 1 fully saturated rings. The van der Waals surface area contributed by atoms with Gasteiger partial charge in [0.15, 0.2) is 5.13 Å². The molecule has 2 heterocycles. The molecule has 0 bridgehead atoms. The lowest BCUT2D eigenvalue weighted by Crippen LogP contribution is -2.29. The highest BCUT2D eigenvalue weighted by atomic mass is 79.9. The van der Waals surface area contributed by atoms with Crippen LogP contribution < -0.4 is 9.64 Å². The van der Waals surface area contributed by atoms with Crippen LogP contribution in [0.25, 0.3) is 5.76 Å². The number of ketones is 1. The Kier molecular flexibility index (Phi) is 6.00. The van der Waals surface area contributed by atoms with Crippen LogP contribution in [0.4, 0.5) is 5.13 Å². The molecule has 1 saturated heterocycles. The number of ether oxygens (including phenoxy) is 1. The quantitative estimate of drug-likeness (QED) is 0.184. The summed E-state index contributed by atoms with van der Waals surface area (Å²) in [6.07, 6.45) is 1.57. The van der Waals surface area contributed by atoms with Crippen molar-refractivity contribution in [3.63, 3.8) is 0 Å². The Morgan fingerprint density at radius 3 is 2.41 bits per heavy atom. The van der Waals surface area contributed by atoms with Crippen molar-refractivity contribution >= 4 is 49.8 Å². The number of hydrogen-bond acceptors (Lipinski definition) is 6. The van der Waals surface area contributed by atoms with Crippen molar-refractivity contribution in [1.29, 1.82) is 0 Å².